The fraction of sp³-hybridized carbons (Fsp3) is 0.600. The van der Waals surface area contributed by atoms with Crippen molar-refractivity contribution < 1.29 is 24.0 Å². The first-order chi connectivity index (χ1) is 18.8. The molecule has 0 spiro atoms. The van der Waals surface area contributed by atoms with E-state index in [0.717, 1.165) is 39.2 Å². The van der Waals surface area contributed by atoms with Crippen LogP contribution in [0.1, 0.15) is 79.5 Å². The second-order valence-electron chi connectivity index (χ2n) is 9.51. The average Bonchev–Trinajstić information content (AvgIpc) is 3.56. The molecule has 1 unspecified atom stereocenters. The molecule has 0 aliphatic carbocycles. The van der Waals surface area contributed by atoms with Crippen LogP contribution in [0.3, 0.4) is 0 Å². The molecule has 1 fully saturated rings. The summed E-state index contributed by atoms with van der Waals surface area (Å²) < 4.78 is 11.3. The van der Waals surface area contributed by atoms with Crippen molar-refractivity contribution in [3.8, 4) is 10.4 Å². The Balaban J connectivity index is -0.000000499. The van der Waals surface area contributed by atoms with Gasteiger partial charge in [-0.05, 0) is 36.9 Å². The third-order valence-electron chi connectivity index (χ3n) is 4.97. The molecule has 0 bridgehead atoms. The molecule has 1 aromatic carbocycles. The first-order valence-electron chi connectivity index (χ1n) is 13.6. The van der Waals surface area contributed by atoms with Crippen LogP contribution < -0.4 is 5.32 Å². The highest BCUT2D eigenvalue weighted by Gasteiger charge is 2.27. The molecule has 1 atom stereocenters. The zero-order valence-electron chi connectivity index (χ0n) is 26.5. The van der Waals surface area contributed by atoms with Crippen LogP contribution in [0, 0.1) is 12.3 Å². The molecule has 3 rings (SSSR count). The van der Waals surface area contributed by atoms with Gasteiger partial charge in [0.15, 0.2) is 0 Å². The van der Waals surface area contributed by atoms with Gasteiger partial charge >= 0.3 is 0 Å². The third-order valence-corrected chi connectivity index (χ3v) is 5.95. The molecule has 10 heteroatoms. The van der Waals surface area contributed by atoms with Crippen LogP contribution in [-0.4, -0.2) is 72.0 Å². The van der Waals surface area contributed by atoms with E-state index < -0.39 is 5.91 Å². The van der Waals surface area contributed by atoms with E-state index in [0.29, 0.717) is 13.0 Å². The zero-order chi connectivity index (χ0) is 31.9. The summed E-state index contributed by atoms with van der Waals surface area (Å²) in [6, 6.07) is 8.64. The molecular weight excluding hydrogens is 531 g/mol. The lowest BCUT2D eigenvalue weighted by atomic mass is 9.92. The highest BCUT2D eigenvalue weighted by Crippen LogP contribution is 2.27. The Hall–Kier alpha value is -2.69. The Kier molecular flexibility index (Phi) is 25.2. The number of amides is 2. The number of carbonyl (C=O) groups excluding carboxylic acids is 3. The first kappa shape index (κ1) is 41.8. The van der Waals surface area contributed by atoms with Crippen LogP contribution >= 0.6 is 11.3 Å². The number of aromatic nitrogens is 1. The highest BCUT2D eigenvalue weighted by atomic mass is 32.1. The number of aliphatic hydroxyl groups excluding tert-OH is 1. The van der Waals surface area contributed by atoms with Gasteiger partial charge in [-0.25, -0.2) is 4.98 Å². The second kappa shape index (κ2) is 24.1. The van der Waals surface area contributed by atoms with Crippen molar-refractivity contribution in [2.45, 2.75) is 87.8 Å². The van der Waals surface area contributed by atoms with E-state index in [4.69, 9.17) is 4.79 Å². The van der Waals surface area contributed by atoms with Gasteiger partial charge in [-0.1, -0.05) is 77.2 Å². The molecule has 0 saturated carbocycles. The minimum atomic E-state index is -0.574. The van der Waals surface area contributed by atoms with Crippen LogP contribution in [-0.2, 0) is 20.9 Å². The van der Waals surface area contributed by atoms with Crippen molar-refractivity contribution >= 4 is 29.9 Å². The van der Waals surface area contributed by atoms with Crippen LogP contribution in [0.2, 0.25) is 0 Å². The summed E-state index contributed by atoms with van der Waals surface area (Å²) in [7, 11) is 3.02. The van der Waals surface area contributed by atoms with Gasteiger partial charge in [-0.3, -0.25) is 9.59 Å². The number of aryl methyl sites for hydroxylation is 1. The third kappa shape index (κ3) is 19.4. The number of nitrogens with one attached hydrogen (secondary N) is 1. The quantitative estimate of drug-likeness (QED) is 0.423. The molecule has 1 aliphatic heterocycles. The van der Waals surface area contributed by atoms with Crippen molar-refractivity contribution in [3.05, 3.63) is 41.0 Å². The molecule has 40 heavy (non-hydrogen) atoms. The number of thiazole rings is 1. The number of carbonyl (C=O) groups is 3. The summed E-state index contributed by atoms with van der Waals surface area (Å²) in [5, 5.41) is 12.4. The normalized spacial score (nSPS) is 13.2. The maximum atomic E-state index is 11.6. The number of aliphatic hydroxyl groups is 1. The number of β-amino-alcohol motifs (C(OH)–C–C–N with tert-alkyl or cyclic N) is 1. The fourth-order valence-electron chi connectivity index (χ4n) is 3.09. The lowest BCUT2D eigenvalue weighted by Gasteiger charge is -2.22. The Morgan fingerprint density at radius 2 is 1.68 bits per heavy atom. The molecule has 2 heterocycles. The van der Waals surface area contributed by atoms with Crippen LogP contribution in [0.4, 0.5) is 4.48 Å². The van der Waals surface area contributed by atoms with E-state index in [-0.39, 0.29) is 22.5 Å². The summed E-state index contributed by atoms with van der Waals surface area (Å²) in [4.78, 5) is 36.6. The van der Waals surface area contributed by atoms with Gasteiger partial charge in [0.1, 0.15) is 6.79 Å². The minimum absolute atomic E-state index is 0.0278. The molecular formula is C30H53FN4O4S. The zero-order valence-corrected chi connectivity index (χ0v) is 27.3. The van der Waals surface area contributed by atoms with Gasteiger partial charge < -0.3 is 20.1 Å². The molecule has 8 nitrogen and oxygen atoms in total. The number of halogens is 1. The molecule has 2 aromatic rings. The predicted octanol–water partition coefficient (Wildman–Crippen LogP) is 6.07. The Labute approximate surface area is 245 Å². The maximum Gasteiger partial charge on any atom is 0.246 e. The van der Waals surface area contributed by atoms with E-state index >= 15 is 0 Å². The van der Waals surface area contributed by atoms with Crippen LogP contribution in [0.15, 0.2) is 29.8 Å². The molecule has 0 radical (unpaired) electrons. The van der Waals surface area contributed by atoms with Crippen molar-refractivity contribution in [1.29, 1.82) is 0 Å². The summed E-state index contributed by atoms with van der Waals surface area (Å²) in [5.74, 6) is -0.404. The van der Waals surface area contributed by atoms with Gasteiger partial charge in [0.2, 0.25) is 11.8 Å². The van der Waals surface area contributed by atoms with Crippen LogP contribution in [0.5, 0.6) is 0 Å². The lowest BCUT2D eigenvalue weighted by Crippen LogP contribution is -2.32. The standard InChI is InChI=1S/C12H14N2S.C10H19NO2.C3H6FNO.2C2H6.CH2O/c1-9-12(15-8-14-9)11-5-3-10(4-6-11)7-13-2;1-10(2,3)6-9(13)11-5-4-8(12)7-11;1-3(6)5(2)4;3*1-2/h3-6,8,13H,7H2,1-2H3;8,12H,4-7H2,1-3H3;1-2H3;2*1-2H3;1H2. The molecule has 2 N–H and O–H groups in total. The number of hydrogen-bond donors (Lipinski definition) is 2. The Morgan fingerprint density at radius 1 is 1.18 bits per heavy atom. The summed E-state index contributed by atoms with van der Waals surface area (Å²) in [6.07, 6.45) is 0.999. The van der Waals surface area contributed by atoms with Gasteiger partial charge in [-0.2, -0.15) is 5.12 Å². The fourth-order valence-corrected chi connectivity index (χ4v) is 3.90. The summed E-state index contributed by atoms with van der Waals surface area (Å²) in [5.41, 5.74) is 5.62. The van der Waals surface area contributed by atoms with E-state index in [1.807, 2.05) is 54.0 Å². The average molecular weight is 585 g/mol. The molecule has 1 aromatic heterocycles. The molecule has 1 saturated heterocycles. The van der Waals surface area contributed by atoms with Crippen molar-refractivity contribution in [2.75, 3.05) is 27.2 Å². The Bertz CT molecular complexity index is 915. The number of nitrogens with zero attached hydrogens (tertiary/aromatic N) is 3. The van der Waals surface area contributed by atoms with E-state index in [1.54, 1.807) is 16.2 Å². The second-order valence-corrected chi connectivity index (χ2v) is 10.4. The predicted molar refractivity (Wildman–Crippen MR) is 166 cm³/mol. The topological polar surface area (TPSA) is 103 Å². The van der Waals surface area contributed by atoms with Crippen molar-refractivity contribution in [1.82, 2.24) is 20.3 Å². The largest absolute Gasteiger partial charge is 0.391 e. The number of hydrogen-bond acceptors (Lipinski definition) is 7. The number of benzene rings is 1. The van der Waals surface area contributed by atoms with Gasteiger partial charge in [-0.15, -0.1) is 11.3 Å². The summed E-state index contributed by atoms with van der Waals surface area (Å²) >= 11 is 1.70. The lowest BCUT2D eigenvalue weighted by molar-refractivity contribution is -0.140. The monoisotopic (exact) mass is 584 g/mol. The molecule has 1 aliphatic rings. The number of rotatable bonds is 4. The molecule has 230 valence electrons. The maximum absolute atomic E-state index is 11.6. The van der Waals surface area contributed by atoms with Gasteiger partial charge in [0, 0.05) is 40.0 Å². The van der Waals surface area contributed by atoms with E-state index in [1.165, 1.54) is 16.0 Å². The highest BCUT2D eigenvalue weighted by molar-refractivity contribution is 7.13. The summed E-state index contributed by atoms with van der Waals surface area (Å²) in [6.45, 7) is 21.5. The van der Waals surface area contributed by atoms with Gasteiger partial charge in [0.25, 0.3) is 0 Å². The smallest absolute Gasteiger partial charge is 0.246 e. The number of likely N-dealkylation sites (tertiary alicyclic amines) is 1. The minimum Gasteiger partial charge on any atom is -0.391 e. The Morgan fingerprint density at radius 3 is 2.00 bits per heavy atom. The molecule has 2 amide bonds. The van der Waals surface area contributed by atoms with E-state index in [9.17, 15) is 19.2 Å². The van der Waals surface area contributed by atoms with Gasteiger partial charge in [0.05, 0.1) is 22.2 Å². The SMILES string of the molecule is C=O.CC.CC.CC(=O)N(C)F.CC(C)(C)CC(=O)N1CCC(O)C1.CNCc1ccc(-c2scnc2C)cc1. The van der Waals surface area contributed by atoms with Crippen LogP contribution in [0.25, 0.3) is 10.4 Å². The van der Waals surface area contributed by atoms with E-state index in [2.05, 4.69) is 55.3 Å². The van der Waals surface area contributed by atoms with Crippen molar-refractivity contribution in [2.24, 2.45) is 5.41 Å². The van der Waals surface area contributed by atoms with Crippen molar-refractivity contribution in [3.63, 3.8) is 0 Å². The first-order valence-corrected chi connectivity index (χ1v) is 14.5.